The molecule has 1 aromatic heterocycles. The first kappa shape index (κ1) is 21.4. The van der Waals surface area contributed by atoms with Gasteiger partial charge in [0.2, 0.25) is 0 Å². The zero-order chi connectivity index (χ0) is 20.5. The lowest BCUT2D eigenvalue weighted by molar-refractivity contribution is -0.118. The SMILES string of the molecule is CCCCNC(=O)c1sc(NC(=O)COc2ccccc2)c(C(=O)OC)c1C. The number of carbonyl (C=O) groups is 3. The summed E-state index contributed by atoms with van der Waals surface area (Å²) in [5, 5.41) is 5.74. The predicted molar refractivity (Wildman–Crippen MR) is 108 cm³/mol. The summed E-state index contributed by atoms with van der Waals surface area (Å²) in [6, 6.07) is 8.92. The largest absolute Gasteiger partial charge is 0.484 e. The number of esters is 1. The number of para-hydroxylation sites is 1. The number of hydrogen-bond acceptors (Lipinski definition) is 6. The van der Waals surface area contributed by atoms with Crippen LogP contribution in [0.5, 0.6) is 5.75 Å². The average Bonchev–Trinajstić information content (AvgIpc) is 3.02. The Balaban J connectivity index is 2.14. The summed E-state index contributed by atoms with van der Waals surface area (Å²) in [6.07, 6.45) is 1.82. The molecule has 7 nitrogen and oxygen atoms in total. The van der Waals surface area contributed by atoms with Gasteiger partial charge in [-0.05, 0) is 31.0 Å². The summed E-state index contributed by atoms with van der Waals surface area (Å²) in [7, 11) is 1.25. The maximum absolute atomic E-state index is 12.4. The molecule has 0 unspecified atom stereocenters. The van der Waals surface area contributed by atoms with Gasteiger partial charge in [0.1, 0.15) is 10.8 Å². The molecule has 0 atom stereocenters. The van der Waals surface area contributed by atoms with E-state index < -0.39 is 11.9 Å². The molecule has 28 heavy (non-hydrogen) atoms. The van der Waals surface area contributed by atoms with E-state index in [-0.39, 0.29) is 23.1 Å². The van der Waals surface area contributed by atoms with Crippen LogP contribution in [-0.2, 0) is 9.53 Å². The number of rotatable bonds is 9. The standard InChI is InChI=1S/C20H24N2O5S/c1-4-5-11-21-18(24)17-13(2)16(20(25)26-3)19(28-17)22-15(23)12-27-14-9-7-6-8-10-14/h6-10H,4-5,11-12H2,1-3H3,(H,21,24)(H,22,23). The summed E-state index contributed by atoms with van der Waals surface area (Å²) in [6.45, 7) is 4.02. The Hall–Kier alpha value is -2.87. The van der Waals surface area contributed by atoms with Crippen molar-refractivity contribution in [3.63, 3.8) is 0 Å². The van der Waals surface area contributed by atoms with Crippen LogP contribution in [0.15, 0.2) is 30.3 Å². The van der Waals surface area contributed by atoms with Gasteiger partial charge < -0.3 is 20.1 Å². The van der Waals surface area contributed by atoms with Gasteiger partial charge >= 0.3 is 5.97 Å². The van der Waals surface area contributed by atoms with Crippen LogP contribution >= 0.6 is 11.3 Å². The molecule has 2 N–H and O–H groups in total. The molecule has 0 saturated carbocycles. The summed E-state index contributed by atoms with van der Waals surface area (Å²) in [4.78, 5) is 37.2. The van der Waals surface area contributed by atoms with Crippen LogP contribution in [0.25, 0.3) is 0 Å². The monoisotopic (exact) mass is 404 g/mol. The third kappa shape index (κ3) is 5.56. The highest BCUT2D eigenvalue weighted by atomic mass is 32.1. The van der Waals surface area contributed by atoms with Crippen molar-refractivity contribution < 1.29 is 23.9 Å². The Labute approximate surface area is 168 Å². The second kappa shape index (κ2) is 10.5. The van der Waals surface area contributed by atoms with E-state index in [4.69, 9.17) is 9.47 Å². The number of thiophene rings is 1. The van der Waals surface area contributed by atoms with Gasteiger partial charge in [0.25, 0.3) is 11.8 Å². The van der Waals surface area contributed by atoms with Gasteiger partial charge in [0, 0.05) is 6.54 Å². The van der Waals surface area contributed by atoms with Crippen molar-refractivity contribution in [2.45, 2.75) is 26.7 Å². The molecule has 1 aromatic carbocycles. The van der Waals surface area contributed by atoms with Crippen molar-refractivity contribution in [3.05, 3.63) is 46.3 Å². The maximum Gasteiger partial charge on any atom is 0.341 e. The molecule has 0 aliphatic carbocycles. The zero-order valence-electron chi connectivity index (χ0n) is 16.2. The molecular weight excluding hydrogens is 380 g/mol. The first-order valence-electron chi connectivity index (χ1n) is 8.95. The smallest absolute Gasteiger partial charge is 0.341 e. The van der Waals surface area contributed by atoms with E-state index in [1.807, 2.05) is 13.0 Å². The van der Waals surface area contributed by atoms with Crippen LogP contribution in [0.1, 0.15) is 45.4 Å². The van der Waals surface area contributed by atoms with Crippen LogP contribution in [-0.4, -0.2) is 38.0 Å². The van der Waals surface area contributed by atoms with Gasteiger partial charge in [0.15, 0.2) is 6.61 Å². The molecule has 150 valence electrons. The van der Waals surface area contributed by atoms with Gasteiger partial charge in [-0.2, -0.15) is 0 Å². The number of methoxy groups -OCH3 is 1. The molecule has 0 aliphatic rings. The lowest BCUT2D eigenvalue weighted by Crippen LogP contribution is -2.24. The summed E-state index contributed by atoms with van der Waals surface area (Å²) in [5.41, 5.74) is 0.659. The fourth-order valence-electron chi connectivity index (χ4n) is 2.45. The quantitative estimate of drug-likeness (QED) is 0.494. The highest BCUT2D eigenvalue weighted by Gasteiger charge is 2.26. The normalized spacial score (nSPS) is 10.2. The summed E-state index contributed by atoms with van der Waals surface area (Å²) >= 11 is 1.05. The Morgan fingerprint density at radius 2 is 1.86 bits per heavy atom. The van der Waals surface area contributed by atoms with Gasteiger partial charge in [-0.25, -0.2) is 4.79 Å². The van der Waals surface area contributed by atoms with Crippen molar-refractivity contribution in [1.29, 1.82) is 0 Å². The number of anilines is 1. The van der Waals surface area contributed by atoms with Crippen LogP contribution in [0.2, 0.25) is 0 Å². The van der Waals surface area contributed by atoms with E-state index in [9.17, 15) is 14.4 Å². The molecule has 0 bridgehead atoms. The second-order valence-electron chi connectivity index (χ2n) is 6.01. The molecule has 2 amide bonds. The van der Waals surface area contributed by atoms with Crippen molar-refractivity contribution in [2.75, 3.05) is 25.6 Å². The molecule has 0 aliphatic heterocycles. The van der Waals surface area contributed by atoms with Crippen LogP contribution in [0.3, 0.4) is 0 Å². The average molecular weight is 404 g/mol. The fourth-order valence-corrected chi connectivity index (χ4v) is 3.58. The minimum Gasteiger partial charge on any atom is -0.484 e. The van der Waals surface area contributed by atoms with Crippen LogP contribution in [0, 0.1) is 6.92 Å². The molecule has 0 radical (unpaired) electrons. The van der Waals surface area contributed by atoms with Crippen molar-refractivity contribution in [2.24, 2.45) is 0 Å². The number of nitrogens with one attached hydrogen (secondary N) is 2. The van der Waals surface area contributed by atoms with E-state index in [1.165, 1.54) is 7.11 Å². The topological polar surface area (TPSA) is 93.7 Å². The van der Waals surface area contributed by atoms with Crippen molar-refractivity contribution in [3.8, 4) is 5.75 Å². The molecule has 2 aromatic rings. The Bertz CT molecular complexity index is 833. The third-order valence-corrected chi connectivity index (χ3v) is 5.13. The fraction of sp³-hybridized carbons (Fsp3) is 0.350. The molecule has 0 spiro atoms. The number of amides is 2. The van der Waals surface area contributed by atoms with Crippen LogP contribution < -0.4 is 15.4 Å². The molecule has 8 heteroatoms. The predicted octanol–water partition coefficient (Wildman–Crippen LogP) is 3.39. The summed E-state index contributed by atoms with van der Waals surface area (Å²) < 4.78 is 10.2. The first-order chi connectivity index (χ1) is 13.5. The van der Waals surface area contributed by atoms with Crippen LogP contribution in [0.4, 0.5) is 5.00 Å². The van der Waals surface area contributed by atoms with E-state index in [0.29, 0.717) is 22.7 Å². The number of ether oxygens (including phenoxy) is 2. The first-order valence-corrected chi connectivity index (χ1v) is 9.77. The van der Waals surface area contributed by atoms with E-state index >= 15 is 0 Å². The molecular formula is C20H24N2O5S. The molecule has 0 saturated heterocycles. The van der Waals surface area contributed by atoms with Crippen molar-refractivity contribution in [1.82, 2.24) is 5.32 Å². The highest BCUT2D eigenvalue weighted by Crippen LogP contribution is 2.33. The van der Waals surface area contributed by atoms with Gasteiger partial charge in [0.05, 0.1) is 17.6 Å². The number of unbranched alkanes of at least 4 members (excludes halogenated alkanes) is 1. The number of hydrogen-bond donors (Lipinski definition) is 2. The van der Waals surface area contributed by atoms with E-state index in [1.54, 1.807) is 31.2 Å². The lowest BCUT2D eigenvalue weighted by Gasteiger charge is -2.07. The van der Waals surface area contributed by atoms with Gasteiger partial charge in [-0.3, -0.25) is 9.59 Å². The third-order valence-electron chi connectivity index (χ3n) is 3.92. The lowest BCUT2D eigenvalue weighted by atomic mass is 10.1. The minimum atomic E-state index is -0.611. The van der Waals surface area contributed by atoms with Gasteiger partial charge in [-0.1, -0.05) is 31.5 Å². The van der Waals surface area contributed by atoms with E-state index in [2.05, 4.69) is 10.6 Å². The second-order valence-corrected chi connectivity index (χ2v) is 7.03. The number of benzene rings is 1. The zero-order valence-corrected chi connectivity index (χ0v) is 17.0. The van der Waals surface area contributed by atoms with E-state index in [0.717, 1.165) is 24.2 Å². The highest BCUT2D eigenvalue weighted by molar-refractivity contribution is 7.18. The molecule has 2 rings (SSSR count). The summed E-state index contributed by atoms with van der Waals surface area (Å²) in [5.74, 6) is -0.764. The Morgan fingerprint density at radius 3 is 2.50 bits per heavy atom. The Kier molecular flexibility index (Phi) is 8.01. The number of carbonyl (C=O) groups excluding carboxylic acids is 3. The molecule has 0 fully saturated rings. The van der Waals surface area contributed by atoms with Gasteiger partial charge in [-0.15, -0.1) is 11.3 Å². The maximum atomic E-state index is 12.4. The molecule has 1 heterocycles. The van der Waals surface area contributed by atoms with Crippen molar-refractivity contribution >= 4 is 34.1 Å². The Morgan fingerprint density at radius 1 is 1.14 bits per heavy atom. The minimum absolute atomic E-state index is 0.182.